The van der Waals surface area contributed by atoms with Gasteiger partial charge in [0.15, 0.2) is 17.0 Å². The summed E-state index contributed by atoms with van der Waals surface area (Å²) in [5.41, 5.74) is 1.84. The number of nitrogens with one attached hydrogen (secondary N) is 3. The van der Waals surface area contributed by atoms with Crippen molar-refractivity contribution in [1.82, 2.24) is 29.7 Å². The molecule has 0 spiro atoms. The molecule has 2 aromatic heterocycles. The highest BCUT2D eigenvalue weighted by atomic mass is 16.5. The van der Waals surface area contributed by atoms with Gasteiger partial charge in [0.25, 0.3) is 0 Å². The van der Waals surface area contributed by atoms with Crippen molar-refractivity contribution in [3.8, 4) is 0 Å². The van der Waals surface area contributed by atoms with E-state index in [0.717, 1.165) is 12.8 Å². The molecule has 0 radical (unpaired) electrons. The maximum Gasteiger partial charge on any atom is 0.245 e. The van der Waals surface area contributed by atoms with Crippen LogP contribution in [0.3, 0.4) is 0 Å². The number of aliphatic hydroxyl groups excluding tert-OH is 1. The number of fused-ring (bicyclic) bond motifs is 1. The lowest BCUT2D eigenvalue weighted by molar-refractivity contribution is -0.134. The number of ether oxygens (including phenoxy) is 1. The van der Waals surface area contributed by atoms with Gasteiger partial charge in [0.1, 0.15) is 18.2 Å². The van der Waals surface area contributed by atoms with E-state index < -0.39 is 6.04 Å². The second-order valence-electron chi connectivity index (χ2n) is 7.83. The van der Waals surface area contributed by atoms with E-state index in [4.69, 9.17) is 20.2 Å². The molecule has 180 valence electrons. The second-order valence-corrected chi connectivity index (χ2v) is 7.83. The summed E-state index contributed by atoms with van der Waals surface area (Å²) >= 11 is 0. The molecule has 33 heavy (non-hydrogen) atoms. The zero-order chi connectivity index (χ0) is 23.8. The zero-order valence-electron chi connectivity index (χ0n) is 19.5. The Labute approximate surface area is 193 Å². The van der Waals surface area contributed by atoms with Crippen LogP contribution in [0.15, 0.2) is 12.5 Å². The predicted molar refractivity (Wildman–Crippen MR) is 127 cm³/mol. The minimum atomic E-state index is -0.441. The maximum absolute atomic E-state index is 13.2. The fourth-order valence-corrected chi connectivity index (χ4v) is 4.07. The van der Waals surface area contributed by atoms with Crippen LogP contribution in [0.2, 0.25) is 0 Å². The van der Waals surface area contributed by atoms with E-state index in [2.05, 4.69) is 20.6 Å². The lowest BCUT2D eigenvalue weighted by Gasteiger charge is -2.34. The number of aryl methyl sites for hydroxylation is 1. The number of amides is 1. The van der Waals surface area contributed by atoms with Gasteiger partial charge in [-0.3, -0.25) is 4.79 Å². The first-order chi connectivity index (χ1) is 16.1. The third-order valence-electron chi connectivity index (χ3n) is 5.78. The third kappa shape index (κ3) is 5.48. The van der Waals surface area contributed by atoms with E-state index in [1.54, 1.807) is 13.2 Å². The van der Waals surface area contributed by atoms with Gasteiger partial charge >= 0.3 is 0 Å². The highest BCUT2D eigenvalue weighted by molar-refractivity contribution is 6.08. The number of aliphatic hydroxyl groups is 1. The highest BCUT2D eigenvalue weighted by Crippen LogP contribution is 2.25. The number of nitrogens with zero attached hydrogens (tertiary/aromatic N) is 5. The van der Waals surface area contributed by atoms with Crippen molar-refractivity contribution >= 4 is 34.7 Å². The molecule has 3 heterocycles. The van der Waals surface area contributed by atoms with Gasteiger partial charge in [-0.15, -0.1) is 0 Å². The number of imidazole rings is 1. The SMILES string of the molecule is CC[C@H](Nc1ncnc2c1nc(/C(C=N)=C/NC)n2CC)C(=O)N1CCC(OCCO)CC1. The quantitative estimate of drug-likeness (QED) is 0.369. The second kappa shape index (κ2) is 11.7. The molecule has 1 saturated heterocycles. The molecule has 1 atom stereocenters. The fraction of sp³-hybridized carbons (Fsp3) is 0.591. The van der Waals surface area contributed by atoms with Gasteiger partial charge in [0.05, 0.1) is 24.9 Å². The van der Waals surface area contributed by atoms with Crippen molar-refractivity contribution in [2.75, 3.05) is 38.7 Å². The molecule has 1 amide bonds. The average Bonchev–Trinajstić information content (AvgIpc) is 3.23. The van der Waals surface area contributed by atoms with Gasteiger partial charge < -0.3 is 35.4 Å². The van der Waals surface area contributed by atoms with Crippen molar-refractivity contribution in [2.24, 2.45) is 0 Å². The fourth-order valence-electron chi connectivity index (χ4n) is 4.07. The first-order valence-corrected chi connectivity index (χ1v) is 11.4. The van der Waals surface area contributed by atoms with Gasteiger partial charge in [0.2, 0.25) is 5.91 Å². The average molecular weight is 459 g/mol. The van der Waals surface area contributed by atoms with E-state index >= 15 is 0 Å². The number of aromatic nitrogens is 4. The van der Waals surface area contributed by atoms with Gasteiger partial charge in [-0.05, 0) is 26.2 Å². The van der Waals surface area contributed by atoms with Gasteiger partial charge in [-0.2, -0.15) is 0 Å². The summed E-state index contributed by atoms with van der Waals surface area (Å²) in [4.78, 5) is 28.6. The summed E-state index contributed by atoms with van der Waals surface area (Å²) in [7, 11) is 1.77. The zero-order valence-corrected chi connectivity index (χ0v) is 19.5. The Bertz CT molecular complexity index is 981. The van der Waals surface area contributed by atoms with Crippen LogP contribution in [0.1, 0.15) is 38.9 Å². The Kier molecular flexibility index (Phi) is 8.72. The van der Waals surface area contributed by atoms with Crippen LogP contribution in [0.4, 0.5) is 5.82 Å². The molecular weight excluding hydrogens is 424 g/mol. The molecule has 0 saturated carbocycles. The molecule has 4 N–H and O–H groups in total. The van der Waals surface area contributed by atoms with Crippen LogP contribution in [-0.4, -0.2) is 87.1 Å². The summed E-state index contributed by atoms with van der Waals surface area (Å²) in [5, 5.41) is 22.9. The van der Waals surface area contributed by atoms with Crippen LogP contribution < -0.4 is 10.6 Å². The monoisotopic (exact) mass is 458 g/mol. The van der Waals surface area contributed by atoms with Crippen molar-refractivity contribution in [2.45, 2.75) is 51.8 Å². The molecule has 3 rings (SSSR count). The lowest BCUT2D eigenvalue weighted by Crippen LogP contribution is -2.47. The molecule has 0 aromatic carbocycles. The summed E-state index contributed by atoms with van der Waals surface area (Å²) in [6.45, 7) is 6.17. The Balaban J connectivity index is 1.81. The molecule has 1 aliphatic heterocycles. The number of allylic oxidation sites excluding steroid dienone is 1. The lowest BCUT2D eigenvalue weighted by atomic mass is 10.1. The van der Waals surface area contributed by atoms with Crippen molar-refractivity contribution in [1.29, 1.82) is 5.41 Å². The van der Waals surface area contributed by atoms with Crippen LogP contribution in [0.5, 0.6) is 0 Å². The van der Waals surface area contributed by atoms with Crippen LogP contribution in [0.25, 0.3) is 16.7 Å². The predicted octanol–water partition coefficient (Wildman–Crippen LogP) is 1.25. The van der Waals surface area contributed by atoms with E-state index in [-0.39, 0.29) is 18.6 Å². The molecule has 11 heteroatoms. The summed E-state index contributed by atoms with van der Waals surface area (Å²) < 4.78 is 7.53. The number of piperidine rings is 1. The van der Waals surface area contributed by atoms with E-state index in [0.29, 0.717) is 61.0 Å². The number of hydrogen-bond acceptors (Lipinski definition) is 9. The number of carbonyl (C=O) groups is 1. The van der Waals surface area contributed by atoms with E-state index in [9.17, 15) is 4.79 Å². The molecule has 11 nitrogen and oxygen atoms in total. The first-order valence-electron chi connectivity index (χ1n) is 11.4. The van der Waals surface area contributed by atoms with Crippen LogP contribution >= 0.6 is 0 Å². The Hall–Kier alpha value is -3.05. The smallest absolute Gasteiger partial charge is 0.245 e. The molecule has 2 aromatic rings. The maximum atomic E-state index is 13.2. The number of hydrogen-bond donors (Lipinski definition) is 4. The largest absolute Gasteiger partial charge is 0.394 e. The first kappa shape index (κ1) is 24.6. The van der Waals surface area contributed by atoms with Crippen molar-refractivity contribution in [3.05, 3.63) is 18.4 Å². The molecular formula is C22H34N8O3. The summed E-state index contributed by atoms with van der Waals surface area (Å²) in [6.07, 6.45) is 6.63. The molecule has 0 bridgehead atoms. The molecule has 0 unspecified atom stereocenters. The van der Waals surface area contributed by atoms with Crippen molar-refractivity contribution < 1.29 is 14.6 Å². The molecule has 0 aliphatic carbocycles. The topological polar surface area (TPSA) is 141 Å². The van der Waals surface area contributed by atoms with Gasteiger partial charge in [-0.1, -0.05) is 6.92 Å². The minimum Gasteiger partial charge on any atom is -0.394 e. The Morgan fingerprint density at radius 3 is 2.73 bits per heavy atom. The number of anilines is 1. The third-order valence-corrected chi connectivity index (χ3v) is 5.78. The Morgan fingerprint density at radius 1 is 1.36 bits per heavy atom. The van der Waals surface area contributed by atoms with Gasteiger partial charge in [-0.25, -0.2) is 15.0 Å². The normalized spacial score (nSPS) is 16.1. The standard InChI is InChI=1S/C22H34N8O3/c1-4-17(22(32)29-8-6-16(7-9-29)33-11-10-31)27-19-18-21(26-14-25-19)30(5-2)20(28-18)15(12-23)13-24-3/h12-14,16-17,23-24,31H,4-11H2,1-3H3,(H,25,26,27)/b15-13+,23-12?/t17-/m0/s1. The molecule has 1 aliphatic rings. The minimum absolute atomic E-state index is 0.00987. The summed E-state index contributed by atoms with van der Waals surface area (Å²) in [5.74, 6) is 1.14. The Morgan fingerprint density at radius 2 is 2.12 bits per heavy atom. The number of likely N-dealkylation sites (tertiary alicyclic amines) is 1. The van der Waals surface area contributed by atoms with Crippen LogP contribution in [-0.2, 0) is 16.1 Å². The van der Waals surface area contributed by atoms with Crippen molar-refractivity contribution in [3.63, 3.8) is 0 Å². The van der Waals surface area contributed by atoms with Crippen LogP contribution in [0, 0.1) is 5.41 Å². The van der Waals surface area contributed by atoms with E-state index in [1.165, 1.54) is 12.5 Å². The molecule has 1 fully saturated rings. The number of rotatable bonds is 11. The highest BCUT2D eigenvalue weighted by Gasteiger charge is 2.29. The number of carbonyl (C=O) groups excluding carboxylic acids is 1. The van der Waals surface area contributed by atoms with Gasteiger partial charge in [0, 0.05) is 39.1 Å². The van der Waals surface area contributed by atoms with E-state index in [1.807, 2.05) is 23.3 Å². The summed E-state index contributed by atoms with van der Waals surface area (Å²) in [6, 6.07) is -0.441.